The van der Waals surface area contributed by atoms with E-state index in [9.17, 15) is 13.2 Å². The minimum absolute atomic E-state index is 0.0742. The van der Waals surface area contributed by atoms with E-state index in [-0.39, 0.29) is 17.6 Å². The first-order valence-corrected chi connectivity index (χ1v) is 8.75. The number of nitrogens with one attached hydrogen (secondary N) is 1. The molecule has 2 unspecified atom stereocenters. The van der Waals surface area contributed by atoms with E-state index in [0.29, 0.717) is 5.69 Å². The van der Waals surface area contributed by atoms with Gasteiger partial charge in [-0.25, -0.2) is 4.98 Å². The molecule has 1 N–H and O–H groups in total. The zero-order valence-corrected chi connectivity index (χ0v) is 14.4. The molecule has 0 spiro atoms. The van der Waals surface area contributed by atoms with E-state index >= 15 is 0 Å². The number of nitriles is 1. The maximum absolute atomic E-state index is 13.1. The van der Waals surface area contributed by atoms with Crippen molar-refractivity contribution in [3.63, 3.8) is 0 Å². The first-order chi connectivity index (χ1) is 13.0. The van der Waals surface area contributed by atoms with Crippen molar-refractivity contribution >= 4 is 16.7 Å². The van der Waals surface area contributed by atoms with Crippen LogP contribution in [-0.4, -0.2) is 15.6 Å². The Morgan fingerprint density at radius 1 is 1.15 bits per heavy atom. The van der Waals surface area contributed by atoms with Crippen molar-refractivity contribution in [3.8, 4) is 6.07 Å². The van der Waals surface area contributed by atoms with E-state index in [0.717, 1.165) is 36.4 Å². The third-order valence-corrected chi connectivity index (χ3v) is 5.10. The van der Waals surface area contributed by atoms with Crippen LogP contribution in [0.3, 0.4) is 0 Å². The van der Waals surface area contributed by atoms with Gasteiger partial charge in [-0.3, -0.25) is 0 Å². The number of hydrogen-bond acceptors (Lipinski definition) is 3. The van der Waals surface area contributed by atoms with Crippen molar-refractivity contribution in [1.82, 2.24) is 9.55 Å². The second kappa shape index (κ2) is 6.62. The first-order valence-electron chi connectivity index (χ1n) is 8.75. The fourth-order valence-corrected chi connectivity index (χ4v) is 3.81. The lowest BCUT2D eigenvalue weighted by atomic mass is 10.1. The molecule has 0 aliphatic heterocycles. The monoisotopic (exact) mass is 370 g/mol. The lowest BCUT2D eigenvalue weighted by molar-refractivity contribution is -0.137. The number of alkyl halides is 3. The number of hydrogen-bond donors (Lipinski definition) is 1. The number of rotatable bonds is 3. The highest BCUT2D eigenvalue weighted by Gasteiger charge is 2.34. The second-order valence-corrected chi connectivity index (χ2v) is 6.82. The van der Waals surface area contributed by atoms with Gasteiger partial charge in [0.2, 0.25) is 0 Å². The van der Waals surface area contributed by atoms with Crippen LogP contribution >= 0.6 is 0 Å². The SMILES string of the molecule is N#Cc1ccc(NC2CCC(n3cnc4ccccc43)C2)cc1C(F)(F)F. The number of halogens is 3. The lowest BCUT2D eigenvalue weighted by Gasteiger charge is -2.17. The Balaban J connectivity index is 1.51. The van der Waals surface area contributed by atoms with E-state index in [2.05, 4.69) is 14.9 Å². The van der Waals surface area contributed by atoms with Gasteiger partial charge in [0.25, 0.3) is 0 Å². The quantitative estimate of drug-likeness (QED) is 0.695. The number of aromatic nitrogens is 2. The number of imidazole rings is 1. The molecule has 27 heavy (non-hydrogen) atoms. The molecule has 1 heterocycles. The van der Waals surface area contributed by atoms with Gasteiger partial charge in [-0.05, 0) is 49.6 Å². The Bertz CT molecular complexity index is 1020. The molecule has 0 bridgehead atoms. The van der Waals surface area contributed by atoms with Crippen molar-refractivity contribution in [2.24, 2.45) is 0 Å². The van der Waals surface area contributed by atoms with Crippen LogP contribution in [0.15, 0.2) is 48.8 Å². The third-order valence-electron chi connectivity index (χ3n) is 5.10. The number of anilines is 1. The number of nitrogens with zero attached hydrogens (tertiary/aromatic N) is 3. The summed E-state index contributed by atoms with van der Waals surface area (Å²) in [6.07, 6.45) is -0.113. The molecule has 1 aliphatic carbocycles. The summed E-state index contributed by atoms with van der Waals surface area (Å²) in [6.45, 7) is 0. The van der Waals surface area contributed by atoms with Gasteiger partial charge in [0.15, 0.2) is 0 Å². The van der Waals surface area contributed by atoms with Crippen molar-refractivity contribution < 1.29 is 13.2 Å². The molecule has 1 aliphatic rings. The van der Waals surface area contributed by atoms with Gasteiger partial charge in [-0.15, -0.1) is 0 Å². The van der Waals surface area contributed by atoms with Gasteiger partial charge in [0.1, 0.15) is 0 Å². The first kappa shape index (κ1) is 17.4. The molecule has 2 aromatic carbocycles. The molecular weight excluding hydrogens is 353 g/mol. The van der Waals surface area contributed by atoms with Gasteiger partial charge in [0.05, 0.1) is 34.6 Å². The van der Waals surface area contributed by atoms with E-state index in [1.807, 2.05) is 30.6 Å². The summed E-state index contributed by atoms with van der Waals surface area (Å²) >= 11 is 0. The second-order valence-electron chi connectivity index (χ2n) is 6.82. The van der Waals surface area contributed by atoms with Gasteiger partial charge < -0.3 is 9.88 Å². The smallest absolute Gasteiger partial charge is 0.382 e. The minimum atomic E-state index is -4.54. The van der Waals surface area contributed by atoms with Crippen LogP contribution < -0.4 is 5.32 Å². The number of para-hydroxylation sites is 2. The van der Waals surface area contributed by atoms with Crippen LogP contribution in [0.4, 0.5) is 18.9 Å². The Morgan fingerprint density at radius 2 is 1.96 bits per heavy atom. The summed E-state index contributed by atoms with van der Waals surface area (Å²) in [4.78, 5) is 4.42. The maximum atomic E-state index is 13.1. The van der Waals surface area contributed by atoms with Gasteiger partial charge in [0, 0.05) is 17.8 Å². The number of fused-ring (bicyclic) bond motifs is 1. The van der Waals surface area contributed by atoms with Crippen LogP contribution in [0.5, 0.6) is 0 Å². The molecule has 1 aromatic heterocycles. The predicted octanol–water partition coefficient (Wildman–Crippen LogP) is 5.13. The Kier molecular flexibility index (Phi) is 4.27. The molecule has 2 atom stereocenters. The zero-order chi connectivity index (χ0) is 19.0. The van der Waals surface area contributed by atoms with Gasteiger partial charge >= 0.3 is 6.18 Å². The molecule has 4 nitrogen and oxygen atoms in total. The highest BCUT2D eigenvalue weighted by Crippen LogP contribution is 2.36. The highest BCUT2D eigenvalue weighted by atomic mass is 19.4. The molecule has 0 amide bonds. The summed E-state index contributed by atoms with van der Waals surface area (Å²) in [7, 11) is 0. The lowest BCUT2D eigenvalue weighted by Crippen LogP contribution is -2.17. The fraction of sp³-hybridized carbons (Fsp3) is 0.300. The fourth-order valence-electron chi connectivity index (χ4n) is 3.81. The van der Waals surface area contributed by atoms with Crippen LogP contribution in [0.25, 0.3) is 11.0 Å². The summed E-state index contributed by atoms with van der Waals surface area (Å²) in [5.41, 5.74) is 1.14. The molecule has 0 radical (unpaired) electrons. The largest absolute Gasteiger partial charge is 0.417 e. The Morgan fingerprint density at radius 3 is 2.74 bits per heavy atom. The van der Waals surface area contributed by atoms with Crippen LogP contribution in [0.2, 0.25) is 0 Å². The summed E-state index contributed by atoms with van der Waals surface area (Å²) in [5.74, 6) is 0. The van der Waals surface area contributed by atoms with Crippen LogP contribution in [-0.2, 0) is 6.18 Å². The predicted molar refractivity (Wildman–Crippen MR) is 96.2 cm³/mol. The van der Waals surface area contributed by atoms with E-state index in [1.165, 1.54) is 12.1 Å². The van der Waals surface area contributed by atoms with Crippen molar-refractivity contribution in [2.75, 3.05) is 5.32 Å². The Hall–Kier alpha value is -3.01. The zero-order valence-electron chi connectivity index (χ0n) is 14.4. The Labute approximate surface area is 154 Å². The molecule has 1 fully saturated rings. The average molecular weight is 370 g/mol. The molecule has 4 rings (SSSR count). The van der Waals surface area contributed by atoms with E-state index in [1.54, 1.807) is 6.07 Å². The van der Waals surface area contributed by atoms with Gasteiger partial charge in [-0.2, -0.15) is 18.4 Å². The van der Waals surface area contributed by atoms with Crippen molar-refractivity contribution in [3.05, 3.63) is 59.9 Å². The van der Waals surface area contributed by atoms with Crippen LogP contribution in [0, 0.1) is 11.3 Å². The highest BCUT2D eigenvalue weighted by molar-refractivity contribution is 5.75. The van der Waals surface area contributed by atoms with E-state index < -0.39 is 11.7 Å². The number of benzene rings is 2. The minimum Gasteiger partial charge on any atom is -0.382 e. The molecule has 1 saturated carbocycles. The van der Waals surface area contributed by atoms with Crippen molar-refractivity contribution in [2.45, 2.75) is 37.5 Å². The van der Waals surface area contributed by atoms with Gasteiger partial charge in [-0.1, -0.05) is 12.1 Å². The van der Waals surface area contributed by atoms with Crippen molar-refractivity contribution in [1.29, 1.82) is 5.26 Å². The maximum Gasteiger partial charge on any atom is 0.417 e. The summed E-state index contributed by atoms with van der Waals surface area (Å²) in [5, 5.41) is 12.1. The average Bonchev–Trinajstić information content (AvgIpc) is 3.27. The molecule has 0 saturated heterocycles. The van der Waals surface area contributed by atoms with Crippen LogP contribution in [0.1, 0.15) is 36.4 Å². The molecule has 3 aromatic rings. The molecule has 138 valence electrons. The summed E-state index contributed by atoms with van der Waals surface area (Å²) in [6, 6.07) is 13.6. The van der Waals surface area contributed by atoms with E-state index in [4.69, 9.17) is 5.26 Å². The molecule has 7 heteroatoms. The molecular formula is C20H17F3N4. The standard InChI is InChI=1S/C20H17F3N4/c21-20(22,23)17-10-15(6-5-13(17)11-24)26-14-7-8-16(9-14)27-12-25-18-3-1-2-4-19(18)27/h1-6,10,12,14,16,26H,7-9H2. The normalized spacial score (nSPS) is 19.9. The topological polar surface area (TPSA) is 53.6 Å². The summed E-state index contributed by atoms with van der Waals surface area (Å²) < 4.78 is 41.6. The third kappa shape index (κ3) is 3.35.